The van der Waals surface area contributed by atoms with Crippen LogP contribution in [0.5, 0.6) is 5.75 Å². The number of benzene rings is 1. The van der Waals surface area contributed by atoms with E-state index in [0.717, 1.165) is 6.42 Å². The van der Waals surface area contributed by atoms with E-state index in [1.54, 1.807) is 30.3 Å². The molecule has 6 nitrogen and oxygen atoms in total. The highest BCUT2D eigenvalue weighted by Crippen LogP contribution is 2.46. The lowest BCUT2D eigenvalue weighted by Crippen LogP contribution is -2.38. The van der Waals surface area contributed by atoms with Crippen LogP contribution in [0.2, 0.25) is 0 Å². The number of aromatic hydroxyl groups is 1. The number of aliphatic hydroxyl groups is 1. The van der Waals surface area contributed by atoms with Gasteiger partial charge in [0.15, 0.2) is 5.75 Å². The Kier molecular flexibility index (Phi) is 3.26. The van der Waals surface area contributed by atoms with Gasteiger partial charge >= 0.3 is 0 Å². The van der Waals surface area contributed by atoms with Crippen molar-refractivity contribution in [3.05, 3.63) is 67.6 Å². The van der Waals surface area contributed by atoms with Crippen LogP contribution in [-0.2, 0) is 5.72 Å². The number of hydrogen-bond acceptors (Lipinski definition) is 6. The SMILES string of the molecule is CCCC1=C(c2c(O)c(=O)c2=O)C(O)(c2ccccc2)N=N1. The molecule has 2 N–H and O–H groups in total. The molecule has 0 aromatic heterocycles. The highest BCUT2D eigenvalue weighted by Gasteiger charge is 2.45. The molecule has 0 amide bonds. The van der Waals surface area contributed by atoms with E-state index in [-0.39, 0.29) is 11.1 Å². The zero-order chi connectivity index (χ0) is 15.9. The molecular weight excluding hydrogens is 284 g/mol. The minimum atomic E-state index is -1.86. The van der Waals surface area contributed by atoms with Crippen LogP contribution < -0.4 is 10.9 Å². The molecule has 0 aliphatic carbocycles. The fourth-order valence-electron chi connectivity index (χ4n) is 2.65. The van der Waals surface area contributed by atoms with Gasteiger partial charge in [0.05, 0.1) is 16.8 Å². The average molecular weight is 298 g/mol. The molecule has 2 aromatic rings. The average Bonchev–Trinajstić information content (AvgIpc) is 2.87. The molecular formula is C16H14N2O4. The number of azo groups is 1. The van der Waals surface area contributed by atoms with Gasteiger partial charge in [-0.1, -0.05) is 43.7 Å². The first-order valence-corrected chi connectivity index (χ1v) is 6.97. The molecule has 0 radical (unpaired) electrons. The van der Waals surface area contributed by atoms with Crippen molar-refractivity contribution in [2.45, 2.75) is 25.5 Å². The van der Waals surface area contributed by atoms with E-state index >= 15 is 0 Å². The van der Waals surface area contributed by atoms with E-state index in [0.29, 0.717) is 17.7 Å². The van der Waals surface area contributed by atoms with E-state index in [4.69, 9.17) is 0 Å². The summed E-state index contributed by atoms with van der Waals surface area (Å²) in [6.45, 7) is 1.92. The van der Waals surface area contributed by atoms with E-state index < -0.39 is 22.3 Å². The highest BCUT2D eigenvalue weighted by molar-refractivity contribution is 5.82. The van der Waals surface area contributed by atoms with Crippen LogP contribution in [0.1, 0.15) is 30.9 Å². The first kappa shape index (κ1) is 14.3. The fraction of sp³-hybridized carbons (Fsp3) is 0.250. The van der Waals surface area contributed by atoms with Crippen LogP contribution in [0.4, 0.5) is 0 Å². The van der Waals surface area contributed by atoms with Gasteiger partial charge in [0.25, 0.3) is 5.43 Å². The Morgan fingerprint density at radius 3 is 2.41 bits per heavy atom. The van der Waals surface area contributed by atoms with E-state index in [1.807, 2.05) is 6.92 Å². The van der Waals surface area contributed by atoms with Crippen LogP contribution in [0.25, 0.3) is 5.57 Å². The van der Waals surface area contributed by atoms with Crippen molar-refractivity contribution >= 4 is 5.57 Å². The summed E-state index contributed by atoms with van der Waals surface area (Å²) in [6.07, 6.45) is 1.20. The Hall–Kier alpha value is -2.60. The zero-order valence-corrected chi connectivity index (χ0v) is 11.9. The van der Waals surface area contributed by atoms with Gasteiger partial charge in [0.1, 0.15) is 0 Å². The van der Waals surface area contributed by atoms with Crippen molar-refractivity contribution in [3.8, 4) is 5.75 Å². The minimum absolute atomic E-state index is 0.114. The Bertz CT molecular complexity index is 860. The van der Waals surface area contributed by atoms with Crippen LogP contribution in [-0.4, -0.2) is 10.2 Å². The second-order valence-electron chi connectivity index (χ2n) is 5.19. The molecule has 0 spiro atoms. The molecule has 0 fully saturated rings. The van der Waals surface area contributed by atoms with Crippen molar-refractivity contribution in [1.29, 1.82) is 0 Å². The molecule has 0 bridgehead atoms. The predicted molar refractivity (Wildman–Crippen MR) is 80.0 cm³/mol. The summed E-state index contributed by atoms with van der Waals surface area (Å²) < 4.78 is 0. The number of hydrogen-bond donors (Lipinski definition) is 2. The number of rotatable bonds is 4. The lowest BCUT2D eigenvalue weighted by Gasteiger charge is -2.24. The molecule has 1 unspecified atom stereocenters. The van der Waals surface area contributed by atoms with Gasteiger partial charge in [-0.15, -0.1) is 5.11 Å². The maximum absolute atomic E-state index is 11.8. The normalized spacial score (nSPS) is 21.0. The second-order valence-corrected chi connectivity index (χ2v) is 5.19. The Balaban J connectivity index is 2.23. The van der Waals surface area contributed by atoms with E-state index in [9.17, 15) is 19.8 Å². The molecule has 6 heteroatoms. The van der Waals surface area contributed by atoms with Crippen LogP contribution >= 0.6 is 0 Å². The van der Waals surface area contributed by atoms with Crippen molar-refractivity contribution in [2.75, 3.05) is 0 Å². The van der Waals surface area contributed by atoms with Crippen molar-refractivity contribution in [2.24, 2.45) is 10.2 Å². The number of allylic oxidation sites excluding steroid dienone is 1. The monoisotopic (exact) mass is 298 g/mol. The number of nitrogens with zero attached hydrogens (tertiary/aromatic N) is 2. The molecule has 0 saturated carbocycles. The quantitative estimate of drug-likeness (QED) is 0.841. The van der Waals surface area contributed by atoms with Crippen molar-refractivity contribution in [3.63, 3.8) is 0 Å². The maximum atomic E-state index is 11.8. The lowest BCUT2D eigenvalue weighted by atomic mass is 9.85. The topological polar surface area (TPSA) is 99.3 Å². The maximum Gasteiger partial charge on any atom is 0.268 e. The van der Waals surface area contributed by atoms with E-state index in [1.165, 1.54) is 0 Å². The van der Waals surface area contributed by atoms with Crippen LogP contribution in [0, 0.1) is 0 Å². The summed E-state index contributed by atoms with van der Waals surface area (Å²) in [6, 6.07) is 8.53. The van der Waals surface area contributed by atoms with Gasteiger partial charge in [-0.2, -0.15) is 5.11 Å². The summed E-state index contributed by atoms with van der Waals surface area (Å²) in [5.41, 5.74) is -2.84. The molecule has 2 aromatic carbocycles. The minimum Gasteiger partial charge on any atom is -0.503 e. The molecule has 112 valence electrons. The molecule has 3 rings (SSSR count). The smallest absolute Gasteiger partial charge is 0.268 e. The predicted octanol–water partition coefficient (Wildman–Crippen LogP) is 1.81. The molecule has 1 aliphatic rings. The van der Waals surface area contributed by atoms with Gasteiger partial charge < -0.3 is 10.2 Å². The highest BCUT2D eigenvalue weighted by atomic mass is 16.3. The van der Waals surface area contributed by atoms with E-state index in [2.05, 4.69) is 10.2 Å². The summed E-state index contributed by atoms with van der Waals surface area (Å²) in [5.74, 6) is -0.629. The fourth-order valence-corrected chi connectivity index (χ4v) is 2.65. The van der Waals surface area contributed by atoms with Gasteiger partial charge in [-0.05, 0) is 6.42 Å². The first-order chi connectivity index (χ1) is 10.5. The summed E-state index contributed by atoms with van der Waals surface area (Å²) in [4.78, 5) is 23.1. The van der Waals surface area contributed by atoms with Gasteiger partial charge in [-0.3, -0.25) is 9.59 Å². The van der Waals surface area contributed by atoms with Crippen LogP contribution in [0.15, 0.2) is 55.8 Å². The molecule has 0 saturated heterocycles. The van der Waals surface area contributed by atoms with Crippen molar-refractivity contribution in [1.82, 2.24) is 0 Å². The first-order valence-electron chi connectivity index (χ1n) is 6.97. The standard InChI is InChI=1S/C16H14N2O4/c1-2-6-10-12(11-13(19)15(21)14(11)20)16(22,18-17-10)9-7-4-3-5-8-9/h3-5,7-8,19,22H,2,6H2,1H3. The van der Waals surface area contributed by atoms with Crippen molar-refractivity contribution < 1.29 is 10.2 Å². The molecule has 22 heavy (non-hydrogen) atoms. The summed E-state index contributed by atoms with van der Waals surface area (Å²) in [5, 5.41) is 28.6. The molecule has 1 atom stereocenters. The summed E-state index contributed by atoms with van der Waals surface area (Å²) in [7, 11) is 0. The third-order valence-electron chi connectivity index (χ3n) is 3.75. The largest absolute Gasteiger partial charge is 0.503 e. The third-order valence-corrected chi connectivity index (χ3v) is 3.75. The summed E-state index contributed by atoms with van der Waals surface area (Å²) >= 11 is 0. The third kappa shape index (κ3) is 1.84. The van der Waals surface area contributed by atoms with Gasteiger partial charge in [0, 0.05) is 5.56 Å². The Morgan fingerprint density at radius 2 is 1.82 bits per heavy atom. The Labute approximate surface area is 125 Å². The second kappa shape index (κ2) is 4.99. The lowest BCUT2D eigenvalue weighted by molar-refractivity contribution is 0.108. The van der Waals surface area contributed by atoms with Gasteiger partial charge in [0.2, 0.25) is 11.2 Å². The molecule has 1 heterocycles. The molecule has 1 aliphatic heterocycles. The Morgan fingerprint density at radius 1 is 1.14 bits per heavy atom. The van der Waals surface area contributed by atoms with Crippen LogP contribution in [0.3, 0.4) is 0 Å². The van der Waals surface area contributed by atoms with Gasteiger partial charge in [-0.25, -0.2) is 0 Å². The zero-order valence-electron chi connectivity index (χ0n) is 11.9.